The molecule has 0 unspecified atom stereocenters. The number of halogens is 1. The highest BCUT2D eigenvalue weighted by atomic mass is 35.5. The summed E-state index contributed by atoms with van der Waals surface area (Å²) >= 11 is 6.29. The van der Waals surface area contributed by atoms with Crippen LogP contribution in [0.25, 0.3) is 11.1 Å². The van der Waals surface area contributed by atoms with Crippen molar-refractivity contribution in [2.75, 3.05) is 4.72 Å². The number of imidazole rings is 1. The number of carbonyl (C=O) groups is 1. The van der Waals surface area contributed by atoms with Gasteiger partial charge in [-0.05, 0) is 37.5 Å². The molecule has 8 nitrogen and oxygen atoms in total. The predicted octanol–water partition coefficient (Wildman–Crippen LogP) is 5.81. The molecule has 0 bridgehead atoms. The van der Waals surface area contributed by atoms with E-state index in [1.54, 1.807) is 30.5 Å². The van der Waals surface area contributed by atoms with Gasteiger partial charge in [-0.1, -0.05) is 66.1 Å². The van der Waals surface area contributed by atoms with Crippen LogP contribution in [0.5, 0.6) is 0 Å². The van der Waals surface area contributed by atoms with Crippen LogP contribution >= 0.6 is 11.6 Å². The summed E-state index contributed by atoms with van der Waals surface area (Å²) in [5.74, 6) is 0.541. The van der Waals surface area contributed by atoms with E-state index in [9.17, 15) is 13.2 Å². The average molecular weight is 527 g/mol. The van der Waals surface area contributed by atoms with Crippen LogP contribution < -0.4 is 4.72 Å². The number of anilines is 1. The lowest BCUT2D eigenvalue weighted by Gasteiger charge is -2.15. The van der Waals surface area contributed by atoms with Crippen LogP contribution in [-0.2, 0) is 23.0 Å². The Morgan fingerprint density at radius 3 is 2.47 bits per heavy atom. The minimum absolute atomic E-state index is 0.0717. The van der Waals surface area contributed by atoms with Crippen molar-refractivity contribution < 1.29 is 17.7 Å². The Bertz CT molecular complexity index is 1530. The molecule has 0 radical (unpaired) electrons. The summed E-state index contributed by atoms with van der Waals surface area (Å²) in [4.78, 5) is 16.8. The van der Waals surface area contributed by atoms with Gasteiger partial charge in [0.2, 0.25) is 5.88 Å². The van der Waals surface area contributed by atoms with Crippen LogP contribution in [0.1, 0.15) is 53.4 Å². The lowest BCUT2D eigenvalue weighted by molar-refractivity contribution is 0.100. The molecule has 0 aliphatic rings. The van der Waals surface area contributed by atoms with Crippen molar-refractivity contribution in [2.24, 2.45) is 0 Å². The Morgan fingerprint density at radius 1 is 1.14 bits per heavy atom. The largest absolute Gasteiger partial charge is 0.337 e. The third kappa shape index (κ3) is 5.08. The third-order valence-electron chi connectivity index (χ3n) is 5.96. The zero-order chi connectivity index (χ0) is 26.0. The molecule has 4 aromatic rings. The third-order valence-corrected chi connectivity index (χ3v) is 7.59. The molecular weight excluding hydrogens is 500 g/mol. The zero-order valence-electron chi connectivity index (χ0n) is 20.5. The predicted molar refractivity (Wildman–Crippen MR) is 139 cm³/mol. The van der Waals surface area contributed by atoms with Crippen molar-refractivity contribution in [3.63, 3.8) is 0 Å². The number of aromatic nitrogens is 3. The molecule has 1 N–H and O–H groups in total. The lowest BCUT2D eigenvalue weighted by atomic mass is 10.0. The van der Waals surface area contributed by atoms with E-state index >= 15 is 0 Å². The van der Waals surface area contributed by atoms with Crippen LogP contribution in [-0.4, -0.2) is 28.9 Å². The minimum Gasteiger partial charge on any atom is -0.337 e. The summed E-state index contributed by atoms with van der Waals surface area (Å²) in [6.07, 6.45) is 1.45. The Hall–Kier alpha value is -3.43. The van der Waals surface area contributed by atoms with Gasteiger partial charge in [-0.25, -0.2) is 18.1 Å². The maximum absolute atomic E-state index is 13.6. The molecule has 0 saturated heterocycles. The van der Waals surface area contributed by atoms with Crippen LogP contribution in [0.15, 0.2) is 57.9 Å². The summed E-state index contributed by atoms with van der Waals surface area (Å²) in [6.45, 7) is 7.17. The number of sulfonamides is 1. The van der Waals surface area contributed by atoms with Crippen molar-refractivity contribution in [3.8, 4) is 11.1 Å². The van der Waals surface area contributed by atoms with Gasteiger partial charge in [0.05, 0.1) is 10.6 Å². The van der Waals surface area contributed by atoms with Gasteiger partial charge in [-0.3, -0.25) is 4.79 Å². The van der Waals surface area contributed by atoms with E-state index in [0.717, 1.165) is 12.0 Å². The fourth-order valence-electron chi connectivity index (χ4n) is 4.00. The lowest BCUT2D eigenvalue weighted by Crippen LogP contribution is -2.16. The van der Waals surface area contributed by atoms with Crippen molar-refractivity contribution in [1.29, 1.82) is 0 Å². The SMILES string of the molecule is CCCc1nc(Cl)c(C(C)=O)n1Cc1ccc(-c2ccccc2)c(S(=O)(=O)Nc2onc(C)c2C)c1. The van der Waals surface area contributed by atoms with Gasteiger partial charge >= 0.3 is 0 Å². The maximum Gasteiger partial charge on any atom is 0.264 e. The van der Waals surface area contributed by atoms with E-state index in [2.05, 4.69) is 14.9 Å². The minimum atomic E-state index is -4.06. The van der Waals surface area contributed by atoms with Crippen LogP contribution in [0, 0.1) is 13.8 Å². The van der Waals surface area contributed by atoms with E-state index < -0.39 is 10.0 Å². The molecule has 2 heterocycles. The van der Waals surface area contributed by atoms with Gasteiger partial charge in [-0.2, -0.15) is 0 Å². The van der Waals surface area contributed by atoms with Crippen molar-refractivity contribution >= 4 is 33.3 Å². The first-order valence-corrected chi connectivity index (χ1v) is 13.4. The molecule has 0 amide bonds. The summed E-state index contributed by atoms with van der Waals surface area (Å²) in [7, 11) is -4.06. The fourth-order valence-corrected chi connectivity index (χ4v) is 5.66. The Kier molecular flexibility index (Phi) is 7.33. The number of Topliss-reactive ketones (excluding diaryl/α,β-unsaturated/α-hetero) is 1. The quantitative estimate of drug-likeness (QED) is 0.276. The average Bonchev–Trinajstić information content (AvgIpc) is 3.32. The second kappa shape index (κ2) is 10.3. The van der Waals surface area contributed by atoms with E-state index in [0.29, 0.717) is 40.3 Å². The molecule has 2 aromatic carbocycles. The first kappa shape index (κ1) is 25.7. The number of benzene rings is 2. The zero-order valence-corrected chi connectivity index (χ0v) is 22.1. The summed E-state index contributed by atoms with van der Waals surface area (Å²) in [6, 6.07) is 14.5. The Balaban J connectivity index is 1.84. The molecule has 0 aliphatic heterocycles. The topological polar surface area (TPSA) is 107 Å². The number of carbonyl (C=O) groups excluding carboxylic acids is 1. The van der Waals surface area contributed by atoms with E-state index in [-0.39, 0.29) is 28.3 Å². The smallest absolute Gasteiger partial charge is 0.264 e. The number of rotatable bonds is 9. The van der Waals surface area contributed by atoms with Gasteiger partial charge in [0.25, 0.3) is 10.0 Å². The molecule has 2 aromatic heterocycles. The molecule has 0 fully saturated rings. The van der Waals surface area contributed by atoms with Crippen molar-refractivity contribution in [2.45, 2.75) is 52.0 Å². The molecule has 0 aliphatic carbocycles. The van der Waals surface area contributed by atoms with Gasteiger partial charge in [-0.15, -0.1) is 0 Å². The molecule has 188 valence electrons. The van der Waals surface area contributed by atoms with Crippen molar-refractivity contribution in [3.05, 3.63) is 82.0 Å². The highest BCUT2D eigenvalue weighted by Gasteiger charge is 2.25. The number of nitrogens with zero attached hydrogens (tertiary/aromatic N) is 3. The summed E-state index contributed by atoms with van der Waals surface area (Å²) in [5.41, 5.74) is 3.47. The standard InChI is InChI=1S/C26H27ClN4O4S/c1-5-9-23-28-25(27)24(18(4)32)31(23)15-19-12-13-21(20-10-7-6-8-11-20)22(14-19)36(33,34)30-26-16(2)17(3)29-35-26/h6-8,10-14,30H,5,9,15H2,1-4H3. The number of ketones is 1. The molecule has 36 heavy (non-hydrogen) atoms. The number of aryl methyl sites for hydroxylation is 2. The molecular formula is C26H27ClN4O4S. The number of hydrogen-bond donors (Lipinski definition) is 1. The first-order valence-electron chi connectivity index (χ1n) is 11.5. The van der Waals surface area contributed by atoms with E-state index in [1.807, 2.05) is 43.3 Å². The Labute approximate surface area is 215 Å². The number of hydrogen-bond acceptors (Lipinski definition) is 6. The van der Waals surface area contributed by atoms with Gasteiger partial charge < -0.3 is 9.09 Å². The molecule has 0 atom stereocenters. The Morgan fingerprint density at radius 2 is 1.86 bits per heavy atom. The van der Waals surface area contributed by atoms with Gasteiger partial charge in [0.15, 0.2) is 10.9 Å². The highest BCUT2D eigenvalue weighted by Crippen LogP contribution is 2.32. The van der Waals surface area contributed by atoms with Gasteiger partial charge in [0.1, 0.15) is 11.5 Å². The molecule has 10 heteroatoms. The van der Waals surface area contributed by atoms with E-state index in [4.69, 9.17) is 16.1 Å². The molecule has 4 rings (SSSR count). The normalized spacial score (nSPS) is 11.6. The number of nitrogens with one attached hydrogen (secondary N) is 1. The van der Waals surface area contributed by atoms with Crippen LogP contribution in [0.4, 0.5) is 5.88 Å². The fraction of sp³-hybridized carbons (Fsp3) is 0.269. The maximum atomic E-state index is 13.6. The molecule has 0 spiro atoms. The van der Waals surface area contributed by atoms with Gasteiger partial charge in [0, 0.05) is 31.0 Å². The summed E-state index contributed by atoms with van der Waals surface area (Å²) in [5, 5.41) is 4.00. The summed E-state index contributed by atoms with van der Waals surface area (Å²) < 4.78 is 36.7. The monoisotopic (exact) mass is 526 g/mol. The van der Waals surface area contributed by atoms with Crippen LogP contribution in [0.2, 0.25) is 5.15 Å². The van der Waals surface area contributed by atoms with E-state index in [1.165, 1.54) is 6.92 Å². The second-order valence-electron chi connectivity index (χ2n) is 8.58. The highest BCUT2D eigenvalue weighted by molar-refractivity contribution is 7.92. The second-order valence-corrected chi connectivity index (χ2v) is 10.6. The van der Waals surface area contributed by atoms with Crippen molar-refractivity contribution in [1.82, 2.24) is 14.7 Å². The molecule has 0 saturated carbocycles. The first-order chi connectivity index (χ1) is 17.1. The van der Waals surface area contributed by atoms with Crippen LogP contribution in [0.3, 0.4) is 0 Å².